The Balaban J connectivity index is 1.47. The number of non-ortho nitro benzene ring substituents is 1. The molecule has 0 bridgehead atoms. The number of nitrogens with one attached hydrogen (secondary N) is 1. The second-order valence-electron chi connectivity index (χ2n) is 6.72. The molecule has 9 nitrogen and oxygen atoms in total. The van der Waals surface area contributed by atoms with E-state index >= 15 is 0 Å². The molecule has 0 saturated carbocycles. The summed E-state index contributed by atoms with van der Waals surface area (Å²) in [5.41, 5.74) is 2.37. The summed E-state index contributed by atoms with van der Waals surface area (Å²) in [6.07, 6.45) is 0. The smallest absolute Gasteiger partial charge is 0.269 e. The Labute approximate surface area is 172 Å². The van der Waals surface area contributed by atoms with Crippen molar-refractivity contribution in [1.82, 2.24) is 10.2 Å². The first-order chi connectivity index (χ1) is 14.6. The average Bonchev–Trinajstić information content (AvgIpc) is 2.80. The quantitative estimate of drug-likeness (QED) is 0.513. The van der Waals surface area contributed by atoms with Crippen LogP contribution in [0.3, 0.4) is 0 Å². The van der Waals surface area contributed by atoms with Crippen LogP contribution in [0.4, 0.5) is 17.2 Å². The molecule has 4 rings (SSSR count). The van der Waals surface area contributed by atoms with Gasteiger partial charge in [0.15, 0.2) is 5.82 Å². The maximum atomic E-state index is 12.4. The van der Waals surface area contributed by atoms with Crippen molar-refractivity contribution < 1.29 is 14.5 Å². The second-order valence-corrected chi connectivity index (χ2v) is 6.72. The summed E-state index contributed by atoms with van der Waals surface area (Å²) in [6, 6.07) is 16.6. The predicted octanol–water partition coefficient (Wildman–Crippen LogP) is 3.14. The zero-order valence-electron chi connectivity index (χ0n) is 16.0. The fourth-order valence-corrected chi connectivity index (χ4v) is 3.13. The molecule has 1 N–H and O–H groups in total. The predicted molar refractivity (Wildman–Crippen MR) is 112 cm³/mol. The molecule has 9 heteroatoms. The highest BCUT2D eigenvalue weighted by atomic mass is 16.6. The summed E-state index contributed by atoms with van der Waals surface area (Å²) < 4.78 is 5.35. The van der Waals surface area contributed by atoms with Gasteiger partial charge in [-0.15, -0.1) is 10.2 Å². The summed E-state index contributed by atoms with van der Waals surface area (Å²) in [7, 11) is 0. The molecule has 152 valence electrons. The van der Waals surface area contributed by atoms with Gasteiger partial charge in [0.2, 0.25) is 0 Å². The van der Waals surface area contributed by atoms with Crippen LogP contribution in [0.5, 0.6) is 0 Å². The first-order valence-corrected chi connectivity index (χ1v) is 9.43. The maximum absolute atomic E-state index is 12.4. The molecule has 1 aromatic heterocycles. The van der Waals surface area contributed by atoms with Crippen molar-refractivity contribution in [2.75, 3.05) is 36.5 Å². The van der Waals surface area contributed by atoms with Crippen LogP contribution >= 0.6 is 0 Å². The molecule has 2 heterocycles. The Hall–Kier alpha value is -3.85. The lowest BCUT2D eigenvalue weighted by Crippen LogP contribution is -2.36. The molecule has 1 fully saturated rings. The van der Waals surface area contributed by atoms with Crippen molar-refractivity contribution in [1.29, 1.82) is 0 Å². The molecule has 3 aromatic rings. The monoisotopic (exact) mass is 405 g/mol. The van der Waals surface area contributed by atoms with Crippen LogP contribution < -0.4 is 10.2 Å². The minimum absolute atomic E-state index is 0.0624. The van der Waals surface area contributed by atoms with Crippen molar-refractivity contribution in [3.63, 3.8) is 0 Å². The van der Waals surface area contributed by atoms with Gasteiger partial charge in [-0.1, -0.05) is 12.1 Å². The van der Waals surface area contributed by atoms with E-state index in [4.69, 9.17) is 4.74 Å². The fraction of sp³-hybridized carbons (Fsp3) is 0.190. The van der Waals surface area contributed by atoms with Crippen LogP contribution in [0.15, 0.2) is 60.7 Å². The van der Waals surface area contributed by atoms with Crippen LogP contribution in [-0.2, 0) is 4.74 Å². The van der Waals surface area contributed by atoms with Crippen LogP contribution in [-0.4, -0.2) is 47.3 Å². The van der Waals surface area contributed by atoms with Gasteiger partial charge < -0.3 is 15.0 Å². The number of nitro benzene ring substituents is 1. The normalized spacial score (nSPS) is 13.7. The van der Waals surface area contributed by atoms with Crippen molar-refractivity contribution in [2.24, 2.45) is 0 Å². The lowest BCUT2D eigenvalue weighted by atomic mass is 10.1. The Morgan fingerprint density at radius 3 is 2.47 bits per heavy atom. The van der Waals surface area contributed by atoms with Crippen molar-refractivity contribution >= 4 is 23.1 Å². The van der Waals surface area contributed by atoms with E-state index in [-0.39, 0.29) is 11.6 Å². The van der Waals surface area contributed by atoms with E-state index in [2.05, 4.69) is 20.4 Å². The van der Waals surface area contributed by atoms with E-state index in [1.165, 1.54) is 24.3 Å². The maximum Gasteiger partial charge on any atom is 0.269 e. The van der Waals surface area contributed by atoms with Gasteiger partial charge >= 0.3 is 0 Å². The molecule has 0 unspecified atom stereocenters. The molecule has 0 atom stereocenters. The van der Waals surface area contributed by atoms with Gasteiger partial charge in [0.1, 0.15) is 0 Å². The lowest BCUT2D eigenvalue weighted by Gasteiger charge is -2.27. The van der Waals surface area contributed by atoms with Gasteiger partial charge in [-0.2, -0.15) is 0 Å². The third kappa shape index (κ3) is 4.41. The Bertz CT molecular complexity index is 1050. The van der Waals surface area contributed by atoms with Crippen molar-refractivity contribution in [2.45, 2.75) is 0 Å². The van der Waals surface area contributed by atoms with Gasteiger partial charge in [0.05, 0.1) is 23.8 Å². The summed E-state index contributed by atoms with van der Waals surface area (Å²) in [5, 5.41) is 22.2. The molecule has 30 heavy (non-hydrogen) atoms. The summed E-state index contributed by atoms with van der Waals surface area (Å²) in [4.78, 5) is 24.8. The Morgan fingerprint density at radius 1 is 1.03 bits per heavy atom. The van der Waals surface area contributed by atoms with E-state index < -0.39 is 4.92 Å². The zero-order valence-corrected chi connectivity index (χ0v) is 16.0. The van der Waals surface area contributed by atoms with Crippen LogP contribution in [0.1, 0.15) is 10.4 Å². The number of ether oxygens (including phenoxy) is 1. The van der Waals surface area contributed by atoms with E-state index in [1.807, 2.05) is 30.3 Å². The van der Waals surface area contributed by atoms with Crippen molar-refractivity contribution in [3.05, 3.63) is 76.3 Å². The third-order valence-corrected chi connectivity index (χ3v) is 4.74. The lowest BCUT2D eigenvalue weighted by molar-refractivity contribution is -0.384. The Kier molecular flexibility index (Phi) is 5.62. The number of amides is 1. The highest BCUT2D eigenvalue weighted by Crippen LogP contribution is 2.23. The number of morpholine rings is 1. The first kappa shape index (κ1) is 19.5. The SMILES string of the molecule is O=C(Nc1cccc(-c2ccc(N3CCOCC3)nn2)c1)c1ccc([N+](=O)[O-])cc1. The fourth-order valence-electron chi connectivity index (χ4n) is 3.13. The standard InChI is InChI=1S/C21H19N5O4/c27-21(15-4-6-18(7-5-15)26(28)29)22-17-3-1-2-16(14-17)19-8-9-20(24-23-19)25-10-12-30-13-11-25/h1-9,14H,10-13H2,(H,22,27). The van der Waals surface area contributed by atoms with Gasteiger partial charge in [-0.25, -0.2) is 0 Å². The number of anilines is 2. The van der Waals surface area contributed by atoms with E-state index in [1.54, 1.807) is 6.07 Å². The number of benzene rings is 2. The third-order valence-electron chi connectivity index (χ3n) is 4.74. The molecule has 1 amide bonds. The van der Waals surface area contributed by atoms with E-state index in [0.717, 1.165) is 24.5 Å². The summed E-state index contributed by atoms with van der Waals surface area (Å²) in [5.74, 6) is 0.459. The molecule has 2 aromatic carbocycles. The average molecular weight is 405 g/mol. The minimum atomic E-state index is -0.503. The molecule has 1 saturated heterocycles. The number of hydrogen-bond acceptors (Lipinski definition) is 7. The summed E-state index contributed by atoms with van der Waals surface area (Å²) >= 11 is 0. The molecule has 0 radical (unpaired) electrons. The minimum Gasteiger partial charge on any atom is -0.378 e. The largest absolute Gasteiger partial charge is 0.378 e. The van der Waals surface area contributed by atoms with E-state index in [9.17, 15) is 14.9 Å². The Morgan fingerprint density at radius 2 is 1.80 bits per heavy atom. The summed E-state index contributed by atoms with van der Waals surface area (Å²) in [6.45, 7) is 2.94. The molecule has 1 aliphatic heterocycles. The number of aromatic nitrogens is 2. The van der Waals surface area contributed by atoms with Crippen molar-refractivity contribution in [3.8, 4) is 11.3 Å². The molecular weight excluding hydrogens is 386 g/mol. The van der Waals surface area contributed by atoms with Crippen LogP contribution in [0, 0.1) is 10.1 Å². The van der Waals surface area contributed by atoms with Crippen LogP contribution in [0.2, 0.25) is 0 Å². The topological polar surface area (TPSA) is 110 Å². The number of nitro groups is 1. The van der Waals surface area contributed by atoms with Gasteiger partial charge in [0.25, 0.3) is 11.6 Å². The molecular formula is C21H19N5O4. The highest BCUT2D eigenvalue weighted by molar-refractivity contribution is 6.04. The molecule has 0 aliphatic carbocycles. The number of hydrogen-bond donors (Lipinski definition) is 1. The highest BCUT2D eigenvalue weighted by Gasteiger charge is 2.14. The first-order valence-electron chi connectivity index (χ1n) is 9.43. The van der Waals surface area contributed by atoms with Gasteiger partial charge in [-0.05, 0) is 36.4 Å². The van der Waals surface area contributed by atoms with Gasteiger partial charge in [0, 0.05) is 42.0 Å². The molecule has 1 aliphatic rings. The number of rotatable bonds is 5. The zero-order chi connectivity index (χ0) is 20.9. The second kappa shape index (κ2) is 8.66. The number of carbonyl (C=O) groups is 1. The van der Waals surface area contributed by atoms with E-state index in [0.29, 0.717) is 30.2 Å². The number of nitrogens with zero attached hydrogens (tertiary/aromatic N) is 4. The molecule has 0 spiro atoms. The number of carbonyl (C=O) groups excluding carboxylic acids is 1. The van der Waals surface area contributed by atoms with Gasteiger partial charge in [-0.3, -0.25) is 14.9 Å². The van der Waals surface area contributed by atoms with Crippen LogP contribution in [0.25, 0.3) is 11.3 Å².